The van der Waals surface area contributed by atoms with Gasteiger partial charge in [-0.05, 0) is 39.4 Å². The summed E-state index contributed by atoms with van der Waals surface area (Å²) >= 11 is 1.71. The SMILES string of the molecule is CCOC1CC(NCC(C)(O)CSC)C12CCCCC2. The van der Waals surface area contributed by atoms with E-state index in [1.54, 1.807) is 11.8 Å². The van der Waals surface area contributed by atoms with Gasteiger partial charge in [0.25, 0.3) is 0 Å². The Labute approximate surface area is 128 Å². The van der Waals surface area contributed by atoms with Crippen LogP contribution in [-0.2, 0) is 4.74 Å². The molecule has 3 atom stereocenters. The van der Waals surface area contributed by atoms with E-state index in [9.17, 15) is 5.11 Å². The molecule has 0 aromatic carbocycles. The number of ether oxygens (including phenoxy) is 1. The fourth-order valence-corrected chi connectivity index (χ4v) is 4.78. The topological polar surface area (TPSA) is 41.5 Å². The molecule has 20 heavy (non-hydrogen) atoms. The molecule has 0 aromatic rings. The maximum atomic E-state index is 10.3. The summed E-state index contributed by atoms with van der Waals surface area (Å²) in [5, 5.41) is 14.0. The van der Waals surface area contributed by atoms with Gasteiger partial charge in [0.05, 0.1) is 11.7 Å². The molecule has 0 aromatic heterocycles. The predicted octanol–water partition coefficient (Wildman–Crippen LogP) is 2.82. The van der Waals surface area contributed by atoms with E-state index in [-0.39, 0.29) is 0 Å². The van der Waals surface area contributed by atoms with E-state index in [4.69, 9.17) is 4.74 Å². The molecule has 2 N–H and O–H groups in total. The Bertz CT molecular complexity index is 303. The summed E-state index contributed by atoms with van der Waals surface area (Å²) in [6.45, 7) is 5.55. The van der Waals surface area contributed by atoms with E-state index in [1.165, 1.54) is 32.1 Å². The molecule has 3 nitrogen and oxygen atoms in total. The quantitative estimate of drug-likeness (QED) is 0.759. The number of rotatable bonds is 7. The van der Waals surface area contributed by atoms with E-state index in [1.807, 2.05) is 13.2 Å². The van der Waals surface area contributed by atoms with Crippen molar-refractivity contribution < 1.29 is 9.84 Å². The van der Waals surface area contributed by atoms with E-state index in [0.717, 1.165) is 18.8 Å². The van der Waals surface area contributed by atoms with Gasteiger partial charge in [0.2, 0.25) is 0 Å². The van der Waals surface area contributed by atoms with Crippen LogP contribution in [0.15, 0.2) is 0 Å². The summed E-state index contributed by atoms with van der Waals surface area (Å²) in [7, 11) is 0. The van der Waals surface area contributed by atoms with Crippen LogP contribution in [0.25, 0.3) is 0 Å². The Hall–Kier alpha value is 0.230. The highest BCUT2D eigenvalue weighted by molar-refractivity contribution is 7.98. The molecule has 118 valence electrons. The molecule has 0 heterocycles. The van der Waals surface area contributed by atoms with Crippen LogP contribution in [-0.4, -0.2) is 48.0 Å². The molecule has 3 unspecified atom stereocenters. The van der Waals surface area contributed by atoms with Gasteiger partial charge in [-0.15, -0.1) is 0 Å². The third-order valence-electron chi connectivity index (χ3n) is 5.12. The Morgan fingerprint density at radius 3 is 2.65 bits per heavy atom. The molecule has 1 spiro atoms. The van der Waals surface area contributed by atoms with Crippen LogP contribution < -0.4 is 5.32 Å². The minimum atomic E-state index is -0.605. The van der Waals surface area contributed by atoms with E-state index in [0.29, 0.717) is 24.1 Å². The first kappa shape index (κ1) is 16.6. The van der Waals surface area contributed by atoms with Crippen molar-refractivity contribution in [3.8, 4) is 0 Å². The monoisotopic (exact) mass is 301 g/mol. The van der Waals surface area contributed by atoms with Gasteiger partial charge in [0, 0.05) is 30.4 Å². The lowest BCUT2D eigenvalue weighted by molar-refractivity contribution is -0.152. The first-order chi connectivity index (χ1) is 9.54. The summed E-state index contributed by atoms with van der Waals surface area (Å²) in [6, 6.07) is 0.535. The lowest BCUT2D eigenvalue weighted by Gasteiger charge is -2.58. The molecular weight excluding hydrogens is 270 g/mol. The van der Waals surface area contributed by atoms with Crippen LogP contribution in [0, 0.1) is 5.41 Å². The lowest BCUT2D eigenvalue weighted by atomic mass is 9.55. The van der Waals surface area contributed by atoms with Crippen LogP contribution in [0.1, 0.15) is 52.4 Å². The van der Waals surface area contributed by atoms with Crippen molar-refractivity contribution in [3.63, 3.8) is 0 Å². The largest absolute Gasteiger partial charge is 0.388 e. The van der Waals surface area contributed by atoms with Crippen molar-refractivity contribution >= 4 is 11.8 Å². The minimum Gasteiger partial charge on any atom is -0.388 e. The van der Waals surface area contributed by atoms with Gasteiger partial charge < -0.3 is 15.2 Å². The van der Waals surface area contributed by atoms with Gasteiger partial charge >= 0.3 is 0 Å². The van der Waals surface area contributed by atoms with Gasteiger partial charge in [-0.3, -0.25) is 0 Å². The Balaban J connectivity index is 1.91. The standard InChI is InChI=1S/C16H31NO2S/c1-4-19-14-10-13(16(14)8-6-5-7-9-16)17-11-15(2,18)12-20-3/h13-14,17-18H,4-12H2,1-3H3. The van der Waals surface area contributed by atoms with Crippen molar-refractivity contribution in [1.82, 2.24) is 5.32 Å². The van der Waals surface area contributed by atoms with Gasteiger partial charge in [-0.2, -0.15) is 11.8 Å². The van der Waals surface area contributed by atoms with E-state index in [2.05, 4.69) is 12.2 Å². The average molecular weight is 301 g/mol. The summed E-state index contributed by atoms with van der Waals surface area (Å²) in [4.78, 5) is 0. The fourth-order valence-electron chi connectivity index (χ4n) is 4.05. The van der Waals surface area contributed by atoms with Crippen molar-refractivity contribution in [2.24, 2.45) is 5.41 Å². The maximum Gasteiger partial charge on any atom is 0.0833 e. The molecule has 0 saturated heterocycles. The minimum absolute atomic E-state index is 0.351. The van der Waals surface area contributed by atoms with E-state index < -0.39 is 5.60 Å². The molecule has 2 aliphatic carbocycles. The van der Waals surface area contributed by atoms with Crippen molar-refractivity contribution in [2.75, 3.05) is 25.2 Å². The zero-order chi connectivity index (χ0) is 14.6. The molecule has 2 saturated carbocycles. The molecule has 2 fully saturated rings. The Morgan fingerprint density at radius 1 is 1.35 bits per heavy atom. The smallest absolute Gasteiger partial charge is 0.0833 e. The average Bonchev–Trinajstić information content (AvgIpc) is 2.42. The van der Waals surface area contributed by atoms with Crippen LogP contribution in [0.5, 0.6) is 0 Å². The third kappa shape index (κ3) is 3.52. The Kier molecular flexibility index (Phi) is 5.80. The number of hydrogen-bond donors (Lipinski definition) is 2. The number of hydrogen-bond acceptors (Lipinski definition) is 4. The second kappa shape index (κ2) is 6.99. The molecule has 0 amide bonds. The molecule has 4 heteroatoms. The molecule has 2 aliphatic rings. The highest BCUT2D eigenvalue weighted by Crippen LogP contribution is 2.53. The highest BCUT2D eigenvalue weighted by atomic mass is 32.2. The van der Waals surface area contributed by atoms with Crippen molar-refractivity contribution in [2.45, 2.75) is 70.1 Å². The van der Waals surface area contributed by atoms with Crippen LogP contribution in [0.4, 0.5) is 0 Å². The second-order valence-corrected chi connectivity index (χ2v) is 7.70. The van der Waals surface area contributed by atoms with Gasteiger partial charge in [0.1, 0.15) is 0 Å². The van der Waals surface area contributed by atoms with Crippen LogP contribution in [0.3, 0.4) is 0 Å². The molecule has 2 rings (SSSR count). The second-order valence-electron chi connectivity index (χ2n) is 6.84. The van der Waals surface area contributed by atoms with Gasteiger partial charge in [0.15, 0.2) is 0 Å². The first-order valence-corrected chi connectivity index (χ1v) is 9.50. The molecular formula is C16H31NO2S. The number of thioether (sulfide) groups is 1. The van der Waals surface area contributed by atoms with E-state index >= 15 is 0 Å². The van der Waals surface area contributed by atoms with Crippen molar-refractivity contribution in [3.05, 3.63) is 0 Å². The number of aliphatic hydroxyl groups is 1. The van der Waals surface area contributed by atoms with Crippen LogP contribution >= 0.6 is 11.8 Å². The molecule has 0 aliphatic heterocycles. The summed E-state index contributed by atoms with van der Waals surface area (Å²) in [6.07, 6.45) is 10.2. The fraction of sp³-hybridized carbons (Fsp3) is 1.00. The Morgan fingerprint density at radius 2 is 2.05 bits per heavy atom. The highest BCUT2D eigenvalue weighted by Gasteiger charge is 2.55. The third-order valence-corrected chi connectivity index (χ3v) is 6.03. The zero-order valence-corrected chi connectivity index (χ0v) is 14.1. The summed E-state index contributed by atoms with van der Waals surface area (Å²) in [5.41, 5.74) is -0.254. The molecule has 0 radical (unpaired) electrons. The summed E-state index contributed by atoms with van der Waals surface area (Å²) in [5.74, 6) is 0.786. The lowest BCUT2D eigenvalue weighted by Crippen LogP contribution is -2.66. The normalized spacial score (nSPS) is 31.8. The maximum absolute atomic E-state index is 10.3. The van der Waals surface area contributed by atoms with Crippen molar-refractivity contribution in [1.29, 1.82) is 0 Å². The number of nitrogens with one attached hydrogen (secondary N) is 1. The molecule has 0 bridgehead atoms. The predicted molar refractivity (Wildman–Crippen MR) is 86.3 cm³/mol. The zero-order valence-electron chi connectivity index (χ0n) is 13.3. The van der Waals surface area contributed by atoms with Gasteiger partial charge in [-0.25, -0.2) is 0 Å². The first-order valence-electron chi connectivity index (χ1n) is 8.10. The van der Waals surface area contributed by atoms with Crippen LogP contribution in [0.2, 0.25) is 0 Å². The van der Waals surface area contributed by atoms with Gasteiger partial charge in [-0.1, -0.05) is 19.3 Å². The summed E-state index contributed by atoms with van der Waals surface area (Å²) < 4.78 is 5.97.